The molecule has 1 saturated heterocycles. The molecule has 0 saturated carbocycles. The van der Waals surface area contributed by atoms with Gasteiger partial charge in [0.1, 0.15) is 0 Å². The Morgan fingerprint density at radius 3 is 2.31 bits per heavy atom. The summed E-state index contributed by atoms with van der Waals surface area (Å²) in [5.41, 5.74) is 1.54. The zero-order chi connectivity index (χ0) is 19.2. The highest BCUT2D eigenvalue weighted by Gasteiger charge is 2.48. The molecule has 1 aliphatic heterocycles. The summed E-state index contributed by atoms with van der Waals surface area (Å²) >= 11 is 0. The Labute approximate surface area is 154 Å². The third-order valence-corrected chi connectivity index (χ3v) is 6.72. The van der Waals surface area contributed by atoms with Crippen molar-refractivity contribution < 1.29 is 18.0 Å². The SMILES string of the molecule is CCCC(=O)Nc1ccc(CNC(=O)C2(S(C)(=O)=O)CCNCC2)cc1. The number of anilines is 1. The van der Waals surface area contributed by atoms with Crippen LogP contribution in [0.2, 0.25) is 0 Å². The van der Waals surface area contributed by atoms with Crippen LogP contribution in [0.15, 0.2) is 24.3 Å². The number of hydrogen-bond acceptors (Lipinski definition) is 5. The number of sulfone groups is 1. The molecule has 0 aliphatic carbocycles. The van der Waals surface area contributed by atoms with Crippen LogP contribution in [-0.2, 0) is 26.0 Å². The summed E-state index contributed by atoms with van der Waals surface area (Å²) in [6.07, 6.45) is 2.94. The monoisotopic (exact) mass is 381 g/mol. The molecule has 7 nitrogen and oxygen atoms in total. The van der Waals surface area contributed by atoms with Gasteiger partial charge in [0.2, 0.25) is 11.8 Å². The average molecular weight is 381 g/mol. The van der Waals surface area contributed by atoms with Crippen molar-refractivity contribution in [1.29, 1.82) is 0 Å². The first-order chi connectivity index (χ1) is 12.3. The Kier molecular flexibility index (Phi) is 6.77. The van der Waals surface area contributed by atoms with E-state index >= 15 is 0 Å². The van der Waals surface area contributed by atoms with Crippen LogP contribution in [0.25, 0.3) is 0 Å². The maximum absolute atomic E-state index is 12.6. The van der Waals surface area contributed by atoms with Crippen molar-refractivity contribution in [3.63, 3.8) is 0 Å². The first kappa shape index (κ1) is 20.4. The molecule has 1 heterocycles. The van der Waals surface area contributed by atoms with E-state index in [0.717, 1.165) is 18.2 Å². The summed E-state index contributed by atoms with van der Waals surface area (Å²) in [4.78, 5) is 24.2. The number of carbonyl (C=O) groups is 2. The summed E-state index contributed by atoms with van der Waals surface area (Å²) in [7, 11) is -3.52. The Bertz CT molecular complexity index is 738. The van der Waals surface area contributed by atoms with Gasteiger partial charge in [-0.3, -0.25) is 9.59 Å². The molecule has 0 radical (unpaired) electrons. The predicted octanol–water partition coefficient (Wildman–Crippen LogP) is 1.21. The fourth-order valence-electron chi connectivity index (χ4n) is 3.10. The molecule has 2 amide bonds. The molecule has 0 bridgehead atoms. The fraction of sp³-hybridized carbons (Fsp3) is 0.556. The van der Waals surface area contributed by atoms with Gasteiger partial charge in [-0.25, -0.2) is 8.42 Å². The second-order valence-corrected chi connectivity index (χ2v) is 9.02. The molecule has 0 aromatic heterocycles. The van der Waals surface area contributed by atoms with Crippen molar-refractivity contribution in [3.8, 4) is 0 Å². The van der Waals surface area contributed by atoms with Crippen molar-refractivity contribution in [2.45, 2.75) is 43.9 Å². The lowest BCUT2D eigenvalue weighted by Gasteiger charge is -2.34. The summed E-state index contributed by atoms with van der Waals surface area (Å²) in [5.74, 6) is -0.476. The molecular weight excluding hydrogens is 354 g/mol. The molecule has 26 heavy (non-hydrogen) atoms. The zero-order valence-electron chi connectivity index (χ0n) is 15.3. The second kappa shape index (κ2) is 8.64. The maximum atomic E-state index is 12.6. The minimum atomic E-state index is -3.52. The van der Waals surface area contributed by atoms with Crippen LogP contribution in [-0.4, -0.2) is 44.3 Å². The van der Waals surface area contributed by atoms with E-state index in [1.165, 1.54) is 0 Å². The van der Waals surface area contributed by atoms with Gasteiger partial charge in [-0.05, 0) is 50.0 Å². The molecule has 2 rings (SSSR count). The summed E-state index contributed by atoms with van der Waals surface area (Å²) in [5, 5.41) is 8.66. The molecule has 3 N–H and O–H groups in total. The van der Waals surface area contributed by atoms with Crippen LogP contribution in [0, 0.1) is 0 Å². The quantitative estimate of drug-likeness (QED) is 0.658. The van der Waals surface area contributed by atoms with Gasteiger partial charge in [-0.2, -0.15) is 0 Å². The van der Waals surface area contributed by atoms with E-state index in [0.29, 0.717) is 25.2 Å². The summed E-state index contributed by atoms with van der Waals surface area (Å²) in [6.45, 7) is 3.20. The number of nitrogens with one attached hydrogen (secondary N) is 3. The van der Waals surface area contributed by atoms with E-state index in [2.05, 4.69) is 16.0 Å². The molecule has 144 valence electrons. The van der Waals surface area contributed by atoms with Gasteiger partial charge in [-0.15, -0.1) is 0 Å². The summed E-state index contributed by atoms with van der Waals surface area (Å²) in [6, 6.07) is 7.15. The van der Waals surface area contributed by atoms with Crippen LogP contribution >= 0.6 is 0 Å². The lowest BCUT2D eigenvalue weighted by atomic mass is 9.95. The first-order valence-corrected chi connectivity index (χ1v) is 10.7. The van der Waals surface area contributed by atoms with E-state index < -0.39 is 20.5 Å². The fourth-order valence-corrected chi connectivity index (χ4v) is 4.45. The van der Waals surface area contributed by atoms with Gasteiger partial charge in [0.25, 0.3) is 0 Å². The molecule has 0 atom stereocenters. The zero-order valence-corrected chi connectivity index (χ0v) is 16.1. The summed E-state index contributed by atoms with van der Waals surface area (Å²) < 4.78 is 23.1. The standard InChI is InChI=1S/C18H27N3O4S/c1-3-4-16(22)21-15-7-5-14(6-8-15)13-20-17(23)18(26(2,24)25)9-11-19-12-10-18/h5-8,19H,3-4,9-13H2,1-2H3,(H,20,23)(H,21,22). The Morgan fingerprint density at radius 2 is 1.77 bits per heavy atom. The van der Waals surface area contributed by atoms with Crippen LogP contribution in [0.4, 0.5) is 5.69 Å². The largest absolute Gasteiger partial charge is 0.351 e. The maximum Gasteiger partial charge on any atom is 0.241 e. The minimum absolute atomic E-state index is 0.0328. The lowest BCUT2D eigenvalue weighted by molar-refractivity contribution is -0.124. The van der Waals surface area contributed by atoms with Crippen LogP contribution < -0.4 is 16.0 Å². The Morgan fingerprint density at radius 1 is 1.15 bits per heavy atom. The van der Waals surface area contributed by atoms with E-state index in [4.69, 9.17) is 0 Å². The molecule has 8 heteroatoms. The first-order valence-electron chi connectivity index (χ1n) is 8.86. The normalized spacial score (nSPS) is 16.7. The van der Waals surface area contributed by atoms with Gasteiger partial charge in [0.05, 0.1) is 0 Å². The topological polar surface area (TPSA) is 104 Å². The highest BCUT2D eigenvalue weighted by atomic mass is 32.2. The van der Waals surface area contributed by atoms with Crippen molar-refractivity contribution in [3.05, 3.63) is 29.8 Å². The van der Waals surface area contributed by atoms with E-state index in [9.17, 15) is 18.0 Å². The molecule has 0 spiro atoms. The molecule has 1 aromatic carbocycles. The van der Waals surface area contributed by atoms with E-state index in [1.807, 2.05) is 6.92 Å². The highest BCUT2D eigenvalue weighted by molar-refractivity contribution is 7.92. The van der Waals surface area contributed by atoms with Gasteiger partial charge < -0.3 is 16.0 Å². The van der Waals surface area contributed by atoms with Crippen molar-refractivity contribution in [2.75, 3.05) is 24.7 Å². The highest BCUT2D eigenvalue weighted by Crippen LogP contribution is 2.28. The molecular formula is C18H27N3O4S. The van der Waals surface area contributed by atoms with Crippen LogP contribution in [0.1, 0.15) is 38.2 Å². The van der Waals surface area contributed by atoms with Crippen molar-refractivity contribution in [2.24, 2.45) is 0 Å². The Hall–Kier alpha value is -1.93. The van der Waals surface area contributed by atoms with Gasteiger partial charge in [0.15, 0.2) is 14.6 Å². The number of amides is 2. The van der Waals surface area contributed by atoms with Crippen molar-refractivity contribution in [1.82, 2.24) is 10.6 Å². The Balaban J connectivity index is 1.99. The number of hydrogen-bond donors (Lipinski definition) is 3. The van der Waals surface area contributed by atoms with Gasteiger partial charge in [-0.1, -0.05) is 19.1 Å². The molecule has 1 fully saturated rings. The van der Waals surface area contributed by atoms with Crippen LogP contribution in [0.3, 0.4) is 0 Å². The predicted molar refractivity (Wildman–Crippen MR) is 102 cm³/mol. The van der Waals surface area contributed by atoms with Gasteiger partial charge >= 0.3 is 0 Å². The van der Waals surface area contributed by atoms with Crippen LogP contribution in [0.5, 0.6) is 0 Å². The lowest BCUT2D eigenvalue weighted by Crippen LogP contribution is -2.57. The number of carbonyl (C=O) groups excluding carboxylic acids is 2. The average Bonchev–Trinajstić information content (AvgIpc) is 2.60. The van der Waals surface area contributed by atoms with Gasteiger partial charge in [0, 0.05) is 24.9 Å². The third-order valence-electron chi connectivity index (χ3n) is 4.70. The number of rotatable bonds is 7. The van der Waals surface area contributed by atoms with Crippen molar-refractivity contribution >= 4 is 27.3 Å². The minimum Gasteiger partial charge on any atom is -0.351 e. The number of piperidine rings is 1. The molecule has 1 aromatic rings. The molecule has 1 aliphatic rings. The third kappa shape index (κ3) is 4.82. The number of benzene rings is 1. The van der Waals surface area contributed by atoms with E-state index in [1.54, 1.807) is 24.3 Å². The molecule has 0 unspecified atom stereocenters. The second-order valence-electron chi connectivity index (χ2n) is 6.69. The van der Waals surface area contributed by atoms with E-state index in [-0.39, 0.29) is 25.3 Å². The smallest absolute Gasteiger partial charge is 0.241 e.